The Balaban J connectivity index is 1.71. The fraction of sp³-hybridized carbons (Fsp3) is 0.400. The zero-order chi connectivity index (χ0) is 19.9. The van der Waals surface area contributed by atoms with Crippen LogP contribution in [0.5, 0.6) is 0 Å². The zero-order valence-corrected chi connectivity index (χ0v) is 15.5. The molecule has 8 heteroatoms. The Labute approximate surface area is 160 Å². The molecule has 1 aliphatic carbocycles. The summed E-state index contributed by atoms with van der Waals surface area (Å²) in [4.78, 5) is 11.2. The predicted molar refractivity (Wildman–Crippen MR) is 103 cm³/mol. The first-order valence-electron chi connectivity index (χ1n) is 9.29. The molecule has 2 heterocycles. The first-order valence-corrected chi connectivity index (χ1v) is 9.29. The molecule has 5 nitrogen and oxygen atoms in total. The van der Waals surface area contributed by atoms with Crippen LogP contribution in [0, 0.1) is 0 Å². The lowest BCUT2D eigenvalue weighted by Crippen LogP contribution is -2.43. The number of halogens is 3. The largest absolute Gasteiger partial charge is 0.419 e. The summed E-state index contributed by atoms with van der Waals surface area (Å²) in [6.07, 6.45) is 1.24. The summed E-state index contributed by atoms with van der Waals surface area (Å²) in [7, 11) is 0. The number of nitrogens with zero attached hydrogens (tertiary/aromatic N) is 2. The Hall–Kier alpha value is -2.61. The lowest BCUT2D eigenvalue weighted by atomic mass is 9.82. The third-order valence-electron chi connectivity index (χ3n) is 5.40. The number of anilines is 1. The standard InChI is InChI=1S/C20H22F3N5/c1-19(24)8-6-12(7-9-19)27-18-26-11-15(20(21,22)23)17(28-18)14-10-25-16-5-3-2-4-13(14)16/h2-5,10-12,25H,6-9,24H2,1H3,(H,26,27,28)/t12-,19+. The average molecular weight is 389 g/mol. The summed E-state index contributed by atoms with van der Waals surface area (Å²) in [5.74, 6) is 0.207. The number of fused-ring (bicyclic) bond motifs is 1. The van der Waals surface area contributed by atoms with Crippen molar-refractivity contribution in [2.75, 3.05) is 5.32 Å². The number of aromatic amines is 1. The maximum absolute atomic E-state index is 13.6. The maximum Gasteiger partial charge on any atom is 0.419 e. The molecule has 0 amide bonds. The van der Waals surface area contributed by atoms with Crippen LogP contribution in [0.15, 0.2) is 36.7 Å². The van der Waals surface area contributed by atoms with Crippen LogP contribution in [0.1, 0.15) is 38.2 Å². The maximum atomic E-state index is 13.6. The molecule has 4 rings (SSSR count). The molecule has 0 atom stereocenters. The number of hydrogen-bond donors (Lipinski definition) is 3. The van der Waals surface area contributed by atoms with Gasteiger partial charge in [0.05, 0.1) is 5.69 Å². The quantitative estimate of drug-likeness (QED) is 0.606. The van der Waals surface area contributed by atoms with E-state index < -0.39 is 11.7 Å². The van der Waals surface area contributed by atoms with Crippen LogP contribution in [0.25, 0.3) is 22.2 Å². The number of H-pyrrole nitrogens is 1. The molecule has 1 aromatic carbocycles. The summed E-state index contributed by atoms with van der Waals surface area (Å²) in [6, 6.07) is 7.32. The Kier molecular flexibility index (Phi) is 4.53. The molecule has 0 unspecified atom stereocenters. The van der Waals surface area contributed by atoms with Crippen molar-refractivity contribution < 1.29 is 13.2 Å². The molecule has 0 bridgehead atoms. The summed E-state index contributed by atoms with van der Waals surface area (Å²) in [6.45, 7) is 2.02. The normalized spacial score (nSPS) is 23.1. The van der Waals surface area contributed by atoms with Gasteiger partial charge in [0, 0.05) is 40.4 Å². The van der Waals surface area contributed by atoms with Crippen LogP contribution in [0.2, 0.25) is 0 Å². The minimum Gasteiger partial charge on any atom is -0.360 e. The van der Waals surface area contributed by atoms with Crippen molar-refractivity contribution in [3.63, 3.8) is 0 Å². The molecular weight excluding hydrogens is 367 g/mol. The number of para-hydroxylation sites is 1. The minimum atomic E-state index is -4.54. The highest BCUT2D eigenvalue weighted by molar-refractivity contribution is 5.95. The van der Waals surface area contributed by atoms with E-state index in [2.05, 4.69) is 20.3 Å². The number of nitrogens with one attached hydrogen (secondary N) is 2. The van der Waals surface area contributed by atoms with Gasteiger partial charge in [0.25, 0.3) is 0 Å². The van der Waals surface area contributed by atoms with Gasteiger partial charge < -0.3 is 16.0 Å². The van der Waals surface area contributed by atoms with Crippen LogP contribution in [0.3, 0.4) is 0 Å². The molecule has 1 aliphatic rings. The Morgan fingerprint density at radius 2 is 1.93 bits per heavy atom. The Morgan fingerprint density at radius 1 is 1.21 bits per heavy atom. The van der Waals surface area contributed by atoms with Gasteiger partial charge in [-0.05, 0) is 38.7 Å². The third kappa shape index (κ3) is 3.69. The summed E-state index contributed by atoms with van der Waals surface area (Å²) < 4.78 is 40.8. The summed E-state index contributed by atoms with van der Waals surface area (Å²) in [5.41, 5.74) is 6.17. The molecule has 3 aromatic rings. The monoisotopic (exact) mass is 389 g/mol. The van der Waals surface area contributed by atoms with Crippen LogP contribution >= 0.6 is 0 Å². The van der Waals surface area contributed by atoms with Crippen molar-refractivity contribution in [3.05, 3.63) is 42.2 Å². The highest BCUT2D eigenvalue weighted by Gasteiger charge is 2.36. The lowest BCUT2D eigenvalue weighted by Gasteiger charge is -2.34. The van der Waals surface area contributed by atoms with Crippen molar-refractivity contribution in [2.45, 2.75) is 50.4 Å². The smallest absolute Gasteiger partial charge is 0.360 e. The van der Waals surface area contributed by atoms with Gasteiger partial charge in [-0.1, -0.05) is 18.2 Å². The topological polar surface area (TPSA) is 79.6 Å². The van der Waals surface area contributed by atoms with E-state index in [1.165, 1.54) is 0 Å². The third-order valence-corrected chi connectivity index (χ3v) is 5.40. The number of alkyl halides is 3. The minimum absolute atomic E-state index is 0.101. The van der Waals surface area contributed by atoms with Gasteiger partial charge in [0.1, 0.15) is 5.56 Å². The molecule has 4 N–H and O–H groups in total. The van der Waals surface area contributed by atoms with Crippen molar-refractivity contribution >= 4 is 16.9 Å². The van der Waals surface area contributed by atoms with E-state index in [-0.39, 0.29) is 23.2 Å². The second kappa shape index (κ2) is 6.77. The molecule has 0 saturated heterocycles. The van der Waals surface area contributed by atoms with Gasteiger partial charge in [-0.2, -0.15) is 13.2 Å². The van der Waals surface area contributed by atoms with Crippen molar-refractivity contribution in [1.29, 1.82) is 0 Å². The highest BCUT2D eigenvalue weighted by Crippen LogP contribution is 2.38. The van der Waals surface area contributed by atoms with Gasteiger partial charge in [-0.15, -0.1) is 0 Å². The first-order chi connectivity index (χ1) is 13.2. The molecule has 2 aromatic heterocycles. The number of rotatable bonds is 3. The Bertz CT molecular complexity index is 983. The van der Waals surface area contributed by atoms with E-state index in [0.717, 1.165) is 37.4 Å². The summed E-state index contributed by atoms with van der Waals surface area (Å²) >= 11 is 0. The lowest BCUT2D eigenvalue weighted by molar-refractivity contribution is -0.137. The number of aromatic nitrogens is 3. The highest BCUT2D eigenvalue weighted by atomic mass is 19.4. The van der Waals surface area contributed by atoms with E-state index in [4.69, 9.17) is 5.73 Å². The van der Waals surface area contributed by atoms with Crippen LogP contribution < -0.4 is 11.1 Å². The molecule has 1 saturated carbocycles. The molecule has 0 aliphatic heterocycles. The van der Waals surface area contributed by atoms with Gasteiger partial charge >= 0.3 is 6.18 Å². The predicted octanol–water partition coefficient (Wildman–Crippen LogP) is 4.72. The molecular formula is C20H22F3N5. The van der Waals surface area contributed by atoms with Crippen LogP contribution in [-0.4, -0.2) is 26.5 Å². The van der Waals surface area contributed by atoms with E-state index in [0.29, 0.717) is 10.9 Å². The number of hydrogen-bond acceptors (Lipinski definition) is 4. The number of nitrogens with two attached hydrogens (primary N) is 1. The number of benzene rings is 1. The molecule has 1 fully saturated rings. The summed E-state index contributed by atoms with van der Waals surface area (Å²) in [5, 5.41) is 3.88. The van der Waals surface area contributed by atoms with Gasteiger partial charge in [0.15, 0.2) is 0 Å². The van der Waals surface area contributed by atoms with Crippen LogP contribution in [0.4, 0.5) is 19.1 Å². The second-order valence-electron chi connectivity index (χ2n) is 7.77. The van der Waals surface area contributed by atoms with Crippen LogP contribution in [-0.2, 0) is 6.18 Å². The zero-order valence-electron chi connectivity index (χ0n) is 15.5. The average Bonchev–Trinajstić information content (AvgIpc) is 3.06. The molecule has 0 radical (unpaired) electrons. The fourth-order valence-electron chi connectivity index (χ4n) is 3.74. The molecule has 148 valence electrons. The van der Waals surface area contributed by atoms with Crippen molar-refractivity contribution in [1.82, 2.24) is 15.0 Å². The van der Waals surface area contributed by atoms with E-state index in [1.54, 1.807) is 18.3 Å². The fourth-order valence-corrected chi connectivity index (χ4v) is 3.74. The second-order valence-corrected chi connectivity index (χ2v) is 7.77. The van der Waals surface area contributed by atoms with E-state index >= 15 is 0 Å². The molecule has 28 heavy (non-hydrogen) atoms. The van der Waals surface area contributed by atoms with Gasteiger partial charge in [-0.25, -0.2) is 9.97 Å². The van der Waals surface area contributed by atoms with E-state index in [9.17, 15) is 13.2 Å². The first kappa shape index (κ1) is 18.7. The van der Waals surface area contributed by atoms with Gasteiger partial charge in [-0.3, -0.25) is 0 Å². The Morgan fingerprint density at radius 3 is 2.64 bits per heavy atom. The van der Waals surface area contributed by atoms with Crippen molar-refractivity contribution in [3.8, 4) is 11.3 Å². The SMILES string of the molecule is C[C@]1(N)CC[C@@H](Nc2ncc(C(F)(F)F)c(-c3c[nH]c4ccccc34)n2)CC1. The molecule has 0 spiro atoms. The van der Waals surface area contributed by atoms with Crippen molar-refractivity contribution in [2.24, 2.45) is 5.73 Å². The van der Waals surface area contributed by atoms with Gasteiger partial charge in [0.2, 0.25) is 5.95 Å². The van der Waals surface area contributed by atoms with E-state index in [1.807, 2.05) is 19.1 Å².